The van der Waals surface area contributed by atoms with Gasteiger partial charge in [0.15, 0.2) is 0 Å². The van der Waals surface area contributed by atoms with Crippen LogP contribution in [0.1, 0.15) is 59.3 Å². The molecule has 1 saturated carbocycles. The Morgan fingerprint density at radius 3 is 2.08 bits per heavy atom. The first-order valence-corrected chi connectivity index (χ1v) is 8.52. The molecule has 134 valence electrons. The highest BCUT2D eigenvalue weighted by Gasteiger charge is 2.49. The van der Waals surface area contributed by atoms with Gasteiger partial charge >= 0.3 is 11.9 Å². The van der Waals surface area contributed by atoms with Crippen LogP contribution in [0.2, 0.25) is 0 Å². The largest absolute Gasteiger partial charge is 0.464 e. The molecule has 0 aromatic carbocycles. The lowest BCUT2D eigenvalue weighted by molar-refractivity contribution is -0.167. The second-order valence-electron chi connectivity index (χ2n) is 5.74. The summed E-state index contributed by atoms with van der Waals surface area (Å²) in [5.74, 6) is -2.13. The summed E-state index contributed by atoms with van der Waals surface area (Å²) in [6, 6.07) is 0. The van der Waals surface area contributed by atoms with E-state index in [1.807, 2.05) is 0 Å². The Bertz CT molecular complexity index is 506. The fourth-order valence-corrected chi connectivity index (χ4v) is 2.68. The molecule has 0 bridgehead atoms. The number of amides is 1. The van der Waals surface area contributed by atoms with E-state index >= 15 is 0 Å². The predicted octanol–water partition coefficient (Wildman–Crippen LogP) is 2.42. The van der Waals surface area contributed by atoms with Crippen LogP contribution in [-0.4, -0.2) is 36.6 Å². The third-order valence-electron chi connectivity index (χ3n) is 3.81. The predicted molar refractivity (Wildman–Crippen MR) is 89.1 cm³/mol. The van der Waals surface area contributed by atoms with Crippen LogP contribution >= 0.6 is 0 Å². The van der Waals surface area contributed by atoms with Crippen molar-refractivity contribution in [3.05, 3.63) is 17.4 Å². The summed E-state index contributed by atoms with van der Waals surface area (Å²) in [6.45, 7) is 4.73. The first-order chi connectivity index (χ1) is 11.5. The maximum Gasteiger partial charge on any atom is 0.344 e. The van der Waals surface area contributed by atoms with Crippen LogP contribution in [0.25, 0.3) is 0 Å². The maximum absolute atomic E-state index is 12.4. The first kappa shape index (κ1) is 20.0. The quantitative estimate of drug-likeness (QED) is 0.438. The Hall–Kier alpha value is -2.07. The Morgan fingerprint density at radius 2 is 1.62 bits per heavy atom. The van der Waals surface area contributed by atoms with E-state index in [2.05, 4.69) is 11.0 Å². The average Bonchev–Trinajstić information content (AvgIpc) is 2.54. The minimum Gasteiger partial charge on any atom is -0.464 e. The standard InChI is InChI=1S/C18H27NO5/c1-4-23-16(21)18(19-14(3)20,17(22)24-5-2)13-9-12-15-10-7-6-8-11-15/h9H,4-8,10-11,13H2,1-3H3,(H,19,20). The van der Waals surface area contributed by atoms with Gasteiger partial charge in [0, 0.05) is 13.3 Å². The second-order valence-corrected chi connectivity index (χ2v) is 5.74. The summed E-state index contributed by atoms with van der Waals surface area (Å²) >= 11 is 0. The zero-order valence-electron chi connectivity index (χ0n) is 14.8. The summed E-state index contributed by atoms with van der Waals surface area (Å²) in [7, 11) is 0. The molecule has 1 aliphatic carbocycles. The fraction of sp³-hybridized carbons (Fsp3) is 0.667. The van der Waals surface area contributed by atoms with Crippen LogP contribution in [-0.2, 0) is 23.9 Å². The minimum atomic E-state index is -1.86. The van der Waals surface area contributed by atoms with Crippen molar-refractivity contribution >= 4 is 17.8 Å². The molecule has 0 spiro atoms. The molecule has 6 nitrogen and oxygen atoms in total. The summed E-state index contributed by atoms with van der Waals surface area (Å²) < 4.78 is 10.0. The van der Waals surface area contributed by atoms with E-state index < -0.39 is 23.4 Å². The van der Waals surface area contributed by atoms with Crippen LogP contribution < -0.4 is 5.32 Å². The Morgan fingerprint density at radius 1 is 1.08 bits per heavy atom. The van der Waals surface area contributed by atoms with E-state index in [0.29, 0.717) is 0 Å². The second kappa shape index (κ2) is 9.93. The van der Waals surface area contributed by atoms with Gasteiger partial charge in [0.05, 0.1) is 13.2 Å². The molecule has 0 atom stereocenters. The molecule has 0 aliphatic heterocycles. The molecule has 0 radical (unpaired) electrons. The van der Waals surface area contributed by atoms with Crippen LogP contribution in [0.3, 0.4) is 0 Å². The molecule has 1 amide bonds. The lowest BCUT2D eigenvalue weighted by Crippen LogP contribution is -2.60. The number of hydrogen-bond donors (Lipinski definition) is 1. The molecular formula is C18H27NO5. The third-order valence-corrected chi connectivity index (χ3v) is 3.81. The van der Waals surface area contributed by atoms with Gasteiger partial charge in [0.1, 0.15) is 0 Å². The van der Waals surface area contributed by atoms with E-state index in [4.69, 9.17) is 9.47 Å². The zero-order chi connectivity index (χ0) is 18.0. The van der Waals surface area contributed by atoms with Crippen molar-refractivity contribution in [3.8, 4) is 0 Å². The highest BCUT2D eigenvalue weighted by atomic mass is 16.6. The number of rotatable bonds is 7. The Kier molecular flexibility index (Phi) is 8.27. The monoisotopic (exact) mass is 337 g/mol. The van der Waals surface area contributed by atoms with Gasteiger partial charge in [0.25, 0.3) is 0 Å². The lowest BCUT2D eigenvalue weighted by Gasteiger charge is -2.28. The Balaban J connectivity index is 3.12. The fourth-order valence-electron chi connectivity index (χ4n) is 2.68. The van der Waals surface area contributed by atoms with Gasteiger partial charge in [-0.1, -0.05) is 6.42 Å². The van der Waals surface area contributed by atoms with E-state index in [-0.39, 0.29) is 19.6 Å². The molecule has 0 unspecified atom stereocenters. The van der Waals surface area contributed by atoms with Gasteiger partial charge in [-0.2, -0.15) is 0 Å². The Labute approximate surface area is 143 Å². The molecule has 1 fully saturated rings. The number of ether oxygens (including phenoxy) is 2. The topological polar surface area (TPSA) is 81.7 Å². The summed E-state index contributed by atoms with van der Waals surface area (Å²) in [4.78, 5) is 36.4. The molecule has 0 saturated heterocycles. The third kappa shape index (κ3) is 5.53. The van der Waals surface area contributed by atoms with Crippen molar-refractivity contribution in [2.75, 3.05) is 13.2 Å². The van der Waals surface area contributed by atoms with E-state index in [1.54, 1.807) is 19.9 Å². The highest BCUT2D eigenvalue weighted by molar-refractivity contribution is 6.07. The normalized spacial score (nSPS) is 14.4. The number of nitrogens with one attached hydrogen (secondary N) is 1. The van der Waals surface area contributed by atoms with Gasteiger partial charge in [-0.25, -0.2) is 9.59 Å². The van der Waals surface area contributed by atoms with Crippen LogP contribution in [0.4, 0.5) is 0 Å². The minimum absolute atomic E-state index is 0.0479. The van der Waals surface area contributed by atoms with Crippen molar-refractivity contribution in [1.82, 2.24) is 5.32 Å². The molecule has 6 heteroatoms. The number of esters is 2. The zero-order valence-corrected chi connectivity index (χ0v) is 14.8. The first-order valence-electron chi connectivity index (χ1n) is 8.52. The van der Waals surface area contributed by atoms with Gasteiger partial charge in [-0.15, -0.1) is 5.73 Å². The number of carbonyl (C=O) groups excluding carboxylic acids is 3. The van der Waals surface area contributed by atoms with Crippen molar-refractivity contribution in [2.45, 2.75) is 64.8 Å². The molecule has 1 aliphatic rings. The van der Waals surface area contributed by atoms with Gasteiger partial charge in [-0.3, -0.25) is 4.79 Å². The van der Waals surface area contributed by atoms with Crippen molar-refractivity contribution in [3.63, 3.8) is 0 Å². The summed E-state index contributed by atoms with van der Waals surface area (Å²) in [6.07, 6.45) is 7.00. The van der Waals surface area contributed by atoms with E-state index in [0.717, 1.165) is 25.7 Å². The molecule has 0 heterocycles. The van der Waals surface area contributed by atoms with Gasteiger partial charge in [0.2, 0.25) is 11.4 Å². The molecular weight excluding hydrogens is 310 g/mol. The van der Waals surface area contributed by atoms with Crippen LogP contribution in [0, 0.1) is 0 Å². The van der Waals surface area contributed by atoms with E-state index in [1.165, 1.54) is 18.9 Å². The molecule has 0 aromatic heterocycles. The van der Waals surface area contributed by atoms with Crippen LogP contribution in [0.15, 0.2) is 17.4 Å². The summed E-state index contributed by atoms with van der Waals surface area (Å²) in [5, 5.41) is 2.43. The van der Waals surface area contributed by atoms with Crippen molar-refractivity contribution in [2.24, 2.45) is 0 Å². The molecule has 1 N–H and O–H groups in total. The maximum atomic E-state index is 12.4. The average molecular weight is 337 g/mol. The summed E-state index contributed by atoms with van der Waals surface area (Å²) in [5.41, 5.74) is 2.48. The van der Waals surface area contributed by atoms with Crippen molar-refractivity contribution in [1.29, 1.82) is 0 Å². The van der Waals surface area contributed by atoms with Crippen LogP contribution in [0.5, 0.6) is 0 Å². The molecule has 0 aromatic rings. The lowest BCUT2D eigenvalue weighted by atomic mass is 9.93. The highest BCUT2D eigenvalue weighted by Crippen LogP contribution is 2.22. The molecule has 1 rings (SSSR count). The van der Waals surface area contributed by atoms with Crippen molar-refractivity contribution < 1.29 is 23.9 Å². The van der Waals surface area contributed by atoms with Gasteiger partial charge in [-0.05, 0) is 51.2 Å². The van der Waals surface area contributed by atoms with E-state index in [9.17, 15) is 14.4 Å². The van der Waals surface area contributed by atoms with Gasteiger partial charge < -0.3 is 14.8 Å². The SMILES string of the molecule is CCOC(=O)C(CC=C=C1CCCCC1)(NC(C)=O)C(=O)OCC. The number of hydrogen-bond acceptors (Lipinski definition) is 5. The molecule has 24 heavy (non-hydrogen) atoms. The smallest absolute Gasteiger partial charge is 0.344 e. The number of carbonyl (C=O) groups is 3.